The third-order valence-corrected chi connectivity index (χ3v) is 6.64. The third-order valence-electron chi connectivity index (χ3n) is 5.12. The summed E-state index contributed by atoms with van der Waals surface area (Å²) in [6.45, 7) is 0.368. The lowest BCUT2D eigenvalue weighted by Crippen LogP contribution is -2.48. The maximum absolute atomic E-state index is 12.8. The van der Waals surface area contributed by atoms with E-state index < -0.39 is 27.9 Å². The van der Waals surface area contributed by atoms with E-state index >= 15 is 0 Å². The van der Waals surface area contributed by atoms with Crippen molar-refractivity contribution in [3.63, 3.8) is 0 Å². The normalized spacial score (nSPS) is 21.7. The minimum atomic E-state index is -3.70. The molecule has 0 bridgehead atoms. The van der Waals surface area contributed by atoms with Gasteiger partial charge in [-0.1, -0.05) is 18.9 Å². The van der Waals surface area contributed by atoms with Crippen LogP contribution in [-0.4, -0.2) is 48.9 Å². The Morgan fingerprint density at radius 1 is 1.08 bits per heavy atom. The molecule has 0 unspecified atom stereocenters. The lowest BCUT2D eigenvalue weighted by Gasteiger charge is -2.33. The van der Waals surface area contributed by atoms with Gasteiger partial charge in [0.05, 0.1) is 4.90 Å². The van der Waals surface area contributed by atoms with Crippen molar-refractivity contribution in [2.24, 2.45) is 0 Å². The Kier molecular flexibility index (Phi) is 5.62. The van der Waals surface area contributed by atoms with Gasteiger partial charge in [-0.3, -0.25) is 4.79 Å². The van der Waals surface area contributed by atoms with Crippen LogP contribution in [0.25, 0.3) is 0 Å². The largest absolute Gasteiger partial charge is 0.480 e. The molecule has 8 heteroatoms. The fraction of sp³-hybridized carbons (Fsp3) is 0.556. The molecule has 1 aliphatic carbocycles. The molecule has 1 saturated carbocycles. The minimum absolute atomic E-state index is 0.0409. The van der Waals surface area contributed by atoms with Crippen LogP contribution in [0.4, 0.5) is 0 Å². The number of sulfonamides is 1. The lowest BCUT2D eigenvalue weighted by atomic mass is 10.0. The Labute approximate surface area is 153 Å². The van der Waals surface area contributed by atoms with Gasteiger partial charge in [0.1, 0.15) is 6.04 Å². The first-order valence-electron chi connectivity index (χ1n) is 9.04. The van der Waals surface area contributed by atoms with Gasteiger partial charge in [0.15, 0.2) is 0 Å². The van der Waals surface area contributed by atoms with Crippen LogP contribution in [0.3, 0.4) is 0 Å². The molecular formula is C18H24N2O5S. The Morgan fingerprint density at radius 3 is 2.46 bits per heavy atom. The van der Waals surface area contributed by atoms with Crippen LogP contribution in [0.1, 0.15) is 55.3 Å². The van der Waals surface area contributed by atoms with E-state index in [9.17, 15) is 23.1 Å². The molecule has 3 rings (SSSR count). The van der Waals surface area contributed by atoms with Crippen molar-refractivity contribution in [3.8, 4) is 0 Å². The fourth-order valence-electron chi connectivity index (χ4n) is 3.72. The predicted octanol–water partition coefficient (Wildman–Crippen LogP) is 1.99. The van der Waals surface area contributed by atoms with Gasteiger partial charge < -0.3 is 10.0 Å². The Balaban J connectivity index is 1.81. The van der Waals surface area contributed by atoms with E-state index in [1.54, 1.807) is 0 Å². The molecule has 0 radical (unpaired) electrons. The molecule has 0 aromatic heterocycles. The molecule has 1 saturated heterocycles. The zero-order chi connectivity index (χ0) is 18.7. The molecule has 142 valence electrons. The average molecular weight is 380 g/mol. The van der Waals surface area contributed by atoms with Crippen LogP contribution >= 0.6 is 0 Å². The van der Waals surface area contributed by atoms with Crippen molar-refractivity contribution in [1.29, 1.82) is 0 Å². The summed E-state index contributed by atoms with van der Waals surface area (Å²) in [5, 5.41) is 9.35. The lowest BCUT2D eigenvalue weighted by molar-refractivity contribution is -0.143. The molecule has 1 aliphatic heterocycles. The number of likely N-dealkylation sites (tertiary alicyclic amines) is 1. The Bertz CT molecular complexity index is 787. The molecule has 2 fully saturated rings. The van der Waals surface area contributed by atoms with Crippen LogP contribution in [0, 0.1) is 0 Å². The molecule has 26 heavy (non-hydrogen) atoms. The molecule has 1 aromatic carbocycles. The Hall–Kier alpha value is -1.93. The zero-order valence-corrected chi connectivity index (χ0v) is 15.4. The van der Waals surface area contributed by atoms with Crippen molar-refractivity contribution in [1.82, 2.24) is 9.62 Å². The topological polar surface area (TPSA) is 104 Å². The van der Waals surface area contributed by atoms with Crippen molar-refractivity contribution in [2.75, 3.05) is 6.54 Å². The number of rotatable bonds is 5. The van der Waals surface area contributed by atoms with Crippen molar-refractivity contribution in [2.45, 2.75) is 61.9 Å². The molecule has 7 nitrogen and oxygen atoms in total. The molecule has 1 heterocycles. The summed E-state index contributed by atoms with van der Waals surface area (Å²) in [4.78, 5) is 25.6. The zero-order valence-electron chi connectivity index (χ0n) is 14.6. The van der Waals surface area contributed by atoms with Crippen LogP contribution < -0.4 is 4.72 Å². The molecule has 0 spiro atoms. The first kappa shape index (κ1) is 18.8. The first-order chi connectivity index (χ1) is 12.4. The second-order valence-electron chi connectivity index (χ2n) is 6.98. The quantitative estimate of drug-likeness (QED) is 0.813. The summed E-state index contributed by atoms with van der Waals surface area (Å²) in [6.07, 6.45) is 5.60. The second kappa shape index (κ2) is 7.75. The maximum atomic E-state index is 12.8. The number of carbonyl (C=O) groups excluding carboxylic acids is 1. The van der Waals surface area contributed by atoms with E-state index in [0.717, 1.165) is 38.5 Å². The van der Waals surface area contributed by atoms with E-state index in [1.165, 1.54) is 29.2 Å². The SMILES string of the molecule is O=C(O)[C@H]1CCCCN1C(=O)c1cccc(S(=O)(=O)NC2CCCC2)c1. The van der Waals surface area contributed by atoms with Gasteiger partial charge in [-0.2, -0.15) is 0 Å². The number of carboxylic acids is 1. The summed E-state index contributed by atoms with van der Waals surface area (Å²) in [6, 6.07) is 4.94. The van der Waals surface area contributed by atoms with Crippen molar-refractivity contribution >= 4 is 21.9 Å². The van der Waals surface area contributed by atoms with Crippen molar-refractivity contribution in [3.05, 3.63) is 29.8 Å². The van der Waals surface area contributed by atoms with E-state index in [1.807, 2.05) is 0 Å². The van der Waals surface area contributed by atoms with Crippen LogP contribution in [0.15, 0.2) is 29.2 Å². The number of hydrogen-bond donors (Lipinski definition) is 2. The maximum Gasteiger partial charge on any atom is 0.326 e. The molecule has 1 atom stereocenters. The number of nitrogens with zero attached hydrogens (tertiary/aromatic N) is 1. The Morgan fingerprint density at radius 2 is 1.77 bits per heavy atom. The van der Waals surface area contributed by atoms with E-state index in [0.29, 0.717) is 13.0 Å². The first-order valence-corrected chi connectivity index (χ1v) is 10.5. The van der Waals surface area contributed by atoms with E-state index in [2.05, 4.69) is 4.72 Å². The summed E-state index contributed by atoms with van der Waals surface area (Å²) in [5.74, 6) is -1.46. The monoisotopic (exact) mass is 380 g/mol. The summed E-state index contributed by atoms with van der Waals surface area (Å²) in [7, 11) is -3.70. The molecule has 2 N–H and O–H groups in total. The number of piperidine rings is 1. The highest BCUT2D eigenvalue weighted by molar-refractivity contribution is 7.89. The number of carboxylic acid groups (broad SMARTS) is 1. The van der Waals surface area contributed by atoms with Crippen LogP contribution in [0.2, 0.25) is 0 Å². The van der Waals surface area contributed by atoms with Gasteiger partial charge in [0, 0.05) is 18.2 Å². The predicted molar refractivity (Wildman–Crippen MR) is 95.3 cm³/mol. The molecule has 1 aromatic rings. The number of amides is 1. The highest BCUT2D eigenvalue weighted by Crippen LogP contribution is 2.23. The van der Waals surface area contributed by atoms with Crippen LogP contribution in [-0.2, 0) is 14.8 Å². The van der Waals surface area contributed by atoms with Gasteiger partial charge in [-0.15, -0.1) is 0 Å². The number of aliphatic carboxylic acids is 1. The fourth-order valence-corrected chi connectivity index (χ4v) is 5.08. The average Bonchev–Trinajstić information content (AvgIpc) is 3.13. The van der Waals surface area contributed by atoms with Gasteiger partial charge in [-0.25, -0.2) is 17.9 Å². The smallest absolute Gasteiger partial charge is 0.326 e. The summed E-state index contributed by atoms with van der Waals surface area (Å²) < 4.78 is 27.9. The third kappa shape index (κ3) is 4.07. The second-order valence-corrected chi connectivity index (χ2v) is 8.69. The molecule has 1 amide bonds. The van der Waals surface area contributed by atoms with E-state index in [-0.39, 0.29) is 16.5 Å². The van der Waals surface area contributed by atoms with E-state index in [4.69, 9.17) is 0 Å². The number of hydrogen-bond acceptors (Lipinski definition) is 4. The van der Waals surface area contributed by atoms with Gasteiger partial charge in [0.25, 0.3) is 5.91 Å². The van der Waals surface area contributed by atoms with Gasteiger partial charge in [-0.05, 0) is 50.3 Å². The number of benzene rings is 1. The number of nitrogens with one attached hydrogen (secondary N) is 1. The summed E-state index contributed by atoms with van der Waals surface area (Å²) in [5.41, 5.74) is 0.201. The minimum Gasteiger partial charge on any atom is -0.480 e. The van der Waals surface area contributed by atoms with Gasteiger partial charge in [0.2, 0.25) is 10.0 Å². The molecular weight excluding hydrogens is 356 g/mol. The standard InChI is InChI=1S/C18H24N2O5S/c21-17(20-11-4-3-10-16(20)18(22)23)13-6-5-9-15(12-13)26(24,25)19-14-7-1-2-8-14/h5-6,9,12,14,16,19H,1-4,7-8,10-11H2,(H,22,23)/t16-/m1/s1. The van der Waals surface area contributed by atoms with Gasteiger partial charge >= 0.3 is 5.97 Å². The van der Waals surface area contributed by atoms with Crippen molar-refractivity contribution < 1.29 is 23.1 Å². The molecule has 2 aliphatic rings. The summed E-state index contributed by atoms with van der Waals surface area (Å²) >= 11 is 0. The van der Waals surface area contributed by atoms with Crippen LogP contribution in [0.5, 0.6) is 0 Å². The highest BCUT2D eigenvalue weighted by atomic mass is 32.2. The highest BCUT2D eigenvalue weighted by Gasteiger charge is 2.33. The number of carbonyl (C=O) groups is 2.